The van der Waals surface area contributed by atoms with E-state index in [9.17, 15) is 13.2 Å². The van der Waals surface area contributed by atoms with Crippen LogP contribution in [-0.4, -0.2) is 61.8 Å². The molecule has 118 valence electrons. The molecule has 0 unspecified atom stereocenters. The SMILES string of the molecule is CCN(CCCNc1ccc(C(=O)NC)nn1)S(C)(=O)=O. The van der Waals surface area contributed by atoms with Crippen molar-refractivity contribution in [1.29, 1.82) is 0 Å². The summed E-state index contributed by atoms with van der Waals surface area (Å²) in [5.74, 6) is 0.255. The fourth-order valence-electron chi connectivity index (χ4n) is 1.71. The topological polar surface area (TPSA) is 104 Å². The summed E-state index contributed by atoms with van der Waals surface area (Å²) in [6.45, 7) is 3.28. The van der Waals surface area contributed by atoms with Crippen LogP contribution >= 0.6 is 0 Å². The highest BCUT2D eigenvalue weighted by Crippen LogP contribution is 2.03. The third-order valence-electron chi connectivity index (χ3n) is 2.84. The average Bonchev–Trinajstić information content (AvgIpc) is 2.45. The minimum absolute atomic E-state index is 0.247. The lowest BCUT2D eigenvalue weighted by Gasteiger charge is -2.17. The molecule has 0 atom stereocenters. The molecule has 1 amide bonds. The third-order valence-corrected chi connectivity index (χ3v) is 4.22. The molecule has 0 aliphatic heterocycles. The zero-order valence-corrected chi connectivity index (χ0v) is 13.3. The van der Waals surface area contributed by atoms with Crippen LogP contribution in [0, 0.1) is 0 Å². The molecule has 21 heavy (non-hydrogen) atoms. The molecule has 1 aromatic rings. The predicted octanol–water partition coefficient (Wildman–Crippen LogP) is -0.0803. The average molecular weight is 315 g/mol. The van der Waals surface area contributed by atoms with Crippen LogP contribution in [0.5, 0.6) is 0 Å². The van der Waals surface area contributed by atoms with E-state index in [1.807, 2.05) is 0 Å². The smallest absolute Gasteiger partial charge is 0.271 e. The van der Waals surface area contributed by atoms with Gasteiger partial charge in [0, 0.05) is 26.7 Å². The number of hydrogen-bond acceptors (Lipinski definition) is 6. The first kappa shape index (κ1) is 17.3. The number of nitrogens with zero attached hydrogens (tertiary/aromatic N) is 3. The van der Waals surface area contributed by atoms with E-state index in [-0.39, 0.29) is 11.6 Å². The molecule has 0 saturated heterocycles. The van der Waals surface area contributed by atoms with Crippen molar-refractivity contribution in [3.63, 3.8) is 0 Å². The van der Waals surface area contributed by atoms with Crippen LogP contribution in [0.2, 0.25) is 0 Å². The summed E-state index contributed by atoms with van der Waals surface area (Å²) in [6.07, 6.45) is 1.85. The highest BCUT2D eigenvalue weighted by Gasteiger charge is 2.13. The number of rotatable bonds is 8. The van der Waals surface area contributed by atoms with Crippen LogP contribution in [0.25, 0.3) is 0 Å². The minimum atomic E-state index is -3.15. The van der Waals surface area contributed by atoms with Gasteiger partial charge in [-0.05, 0) is 18.6 Å². The molecule has 0 radical (unpaired) electrons. The Hall–Kier alpha value is -1.74. The van der Waals surface area contributed by atoms with Crippen LogP contribution in [0.15, 0.2) is 12.1 Å². The Kier molecular flexibility index (Phi) is 6.50. The Balaban J connectivity index is 2.41. The van der Waals surface area contributed by atoms with Gasteiger partial charge >= 0.3 is 0 Å². The second kappa shape index (κ2) is 7.89. The zero-order valence-electron chi connectivity index (χ0n) is 12.5. The first-order chi connectivity index (χ1) is 9.88. The maximum Gasteiger partial charge on any atom is 0.271 e. The largest absolute Gasteiger partial charge is 0.369 e. The van der Waals surface area contributed by atoms with Gasteiger partial charge in [-0.3, -0.25) is 4.79 Å². The normalized spacial score (nSPS) is 11.4. The molecule has 0 spiro atoms. The summed E-state index contributed by atoms with van der Waals surface area (Å²) in [4.78, 5) is 11.3. The molecule has 1 rings (SSSR count). The highest BCUT2D eigenvalue weighted by molar-refractivity contribution is 7.88. The molecule has 2 N–H and O–H groups in total. The number of amides is 1. The first-order valence-electron chi connectivity index (χ1n) is 6.63. The summed E-state index contributed by atoms with van der Waals surface area (Å²) in [6, 6.07) is 3.23. The zero-order chi connectivity index (χ0) is 15.9. The van der Waals surface area contributed by atoms with Gasteiger partial charge in [0.15, 0.2) is 5.69 Å². The summed E-state index contributed by atoms with van der Waals surface area (Å²) in [7, 11) is -1.62. The summed E-state index contributed by atoms with van der Waals surface area (Å²) >= 11 is 0. The molecule has 0 aliphatic rings. The lowest BCUT2D eigenvalue weighted by Crippen LogP contribution is -2.31. The van der Waals surface area contributed by atoms with Gasteiger partial charge in [0.25, 0.3) is 5.91 Å². The Morgan fingerprint density at radius 3 is 2.52 bits per heavy atom. The van der Waals surface area contributed by atoms with Gasteiger partial charge in [0.2, 0.25) is 10.0 Å². The molecule has 1 heterocycles. The molecule has 0 bridgehead atoms. The van der Waals surface area contributed by atoms with Crippen LogP contribution in [0.3, 0.4) is 0 Å². The van der Waals surface area contributed by atoms with E-state index in [0.29, 0.717) is 31.9 Å². The molecule has 0 saturated carbocycles. The van der Waals surface area contributed by atoms with Crippen molar-refractivity contribution in [2.45, 2.75) is 13.3 Å². The number of sulfonamides is 1. The fourth-order valence-corrected chi connectivity index (χ4v) is 2.64. The highest BCUT2D eigenvalue weighted by atomic mass is 32.2. The minimum Gasteiger partial charge on any atom is -0.369 e. The molecular formula is C12H21N5O3S. The number of nitrogens with one attached hydrogen (secondary N) is 2. The van der Waals surface area contributed by atoms with E-state index < -0.39 is 10.0 Å². The van der Waals surface area contributed by atoms with Gasteiger partial charge in [-0.25, -0.2) is 12.7 Å². The van der Waals surface area contributed by atoms with Crippen molar-refractivity contribution >= 4 is 21.7 Å². The van der Waals surface area contributed by atoms with E-state index in [4.69, 9.17) is 0 Å². The van der Waals surface area contributed by atoms with Crippen molar-refractivity contribution in [1.82, 2.24) is 19.8 Å². The van der Waals surface area contributed by atoms with E-state index in [1.165, 1.54) is 17.6 Å². The van der Waals surface area contributed by atoms with Crippen molar-refractivity contribution in [2.75, 3.05) is 38.3 Å². The summed E-state index contributed by atoms with van der Waals surface area (Å²) in [5, 5.41) is 13.2. The van der Waals surface area contributed by atoms with Crippen LogP contribution < -0.4 is 10.6 Å². The maximum absolute atomic E-state index is 11.4. The maximum atomic E-state index is 11.4. The fraction of sp³-hybridized carbons (Fsp3) is 0.583. The second-order valence-electron chi connectivity index (χ2n) is 4.42. The van der Waals surface area contributed by atoms with Gasteiger partial charge in [-0.1, -0.05) is 6.92 Å². The van der Waals surface area contributed by atoms with E-state index in [0.717, 1.165) is 0 Å². The van der Waals surface area contributed by atoms with E-state index in [1.54, 1.807) is 19.1 Å². The Morgan fingerprint density at radius 1 is 1.33 bits per heavy atom. The quantitative estimate of drug-likeness (QED) is 0.650. The summed E-state index contributed by atoms with van der Waals surface area (Å²) in [5.41, 5.74) is 0.247. The molecule has 9 heteroatoms. The molecule has 1 aromatic heterocycles. The standard InChI is InChI=1S/C12H21N5O3S/c1-4-17(21(3,19)20)9-5-8-14-11-7-6-10(15-16-11)12(18)13-2/h6-7H,4-5,8-9H2,1-3H3,(H,13,18)(H,14,16). The van der Waals surface area contributed by atoms with Crippen LogP contribution in [-0.2, 0) is 10.0 Å². The molecule has 0 fully saturated rings. The van der Waals surface area contributed by atoms with Crippen molar-refractivity contribution in [2.24, 2.45) is 0 Å². The van der Waals surface area contributed by atoms with E-state index >= 15 is 0 Å². The number of carbonyl (C=O) groups is 1. The van der Waals surface area contributed by atoms with Gasteiger partial charge in [0.05, 0.1) is 6.26 Å². The Morgan fingerprint density at radius 2 is 2.05 bits per heavy atom. The monoisotopic (exact) mass is 315 g/mol. The number of anilines is 1. The number of aromatic nitrogens is 2. The predicted molar refractivity (Wildman–Crippen MR) is 80.6 cm³/mol. The van der Waals surface area contributed by atoms with Crippen molar-refractivity contribution in [3.8, 4) is 0 Å². The first-order valence-corrected chi connectivity index (χ1v) is 8.48. The lowest BCUT2D eigenvalue weighted by atomic mass is 10.3. The van der Waals surface area contributed by atoms with E-state index in [2.05, 4.69) is 20.8 Å². The second-order valence-corrected chi connectivity index (χ2v) is 6.40. The number of hydrogen-bond donors (Lipinski definition) is 2. The molecule has 0 aromatic carbocycles. The molecular weight excluding hydrogens is 294 g/mol. The Labute approximate surface area is 125 Å². The van der Waals surface area contributed by atoms with Crippen molar-refractivity contribution < 1.29 is 13.2 Å². The number of carbonyl (C=O) groups excluding carboxylic acids is 1. The Bertz CT molecular complexity index is 559. The van der Waals surface area contributed by atoms with Gasteiger partial charge < -0.3 is 10.6 Å². The third kappa shape index (κ3) is 5.64. The van der Waals surface area contributed by atoms with Gasteiger partial charge in [0.1, 0.15) is 5.82 Å². The van der Waals surface area contributed by atoms with Crippen molar-refractivity contribution in [3.05, 3.63) is 17.8 Å². The van der Waals surface area contributed by atoms with Crippen LogP contribution in [0.1, 0.15) is 23.8 Å². The molecule has 8 nitrogen and oxygen atoms in total. The molecule has 0 aliphatic carbocycles. The van der Waals surface area contributed by atoms with Gasteiger partial charge in [-0.2, -0.15) is 0 Å². The lowest BCUT2D eigenvalue weighted by molar-refractivity contribution is 0.0957. The van der Waals surface area contributed by atoms with Crippen LogP contribution in [0.4, 0.5) is 5.82 Å². The van der Waals surface area contributed by atoms with Gasteiger partial charge in [-0.15, -0.1) is 10.2 Å². The summed E-state index contributed by atoms with van der Waals surface area (Å²) < 4.78 is 24.2.